The topological polar surface area (TPSA) is 125 Å². The van der Waals surface area contributed by atoms with E-state index in [2.05, 4.69) is 15.4 Å². The minimum absolute atomic E-state index is 0.0341. The molecule has 0 bridgehead atoms. The Morgan fingerprint density at radius 2 is 2.17 bits per heavy atom. The van der Waals surface area contributed by atoms with E-state index in [1.54, 1.807) is 10.8 Å². The van der Waals surface area contributed by atoms with Gasteiger partial charge < -0.3 is 20.2 Å². The van der Waals surface area contributed by atoms with Crippen molar-refractivity contribution in [2.75, 3.05) is 13.2 Å². The fourth-order valence-corrected chi connectivity index (χ4v) is 3.14. The number of furan rings is 1. The molecule has 0 aliphatic carbocycles. The van der Waals surface area contributed by atoms with Crippen molar-refractivity contribution in [2.45, 2.75) is 39.7 Å². The number of amides is 2. The van der Waals surface area contributed by atoms with Crippen LogP contribution in [0.5, 0.6) is 0 Å². The van der Waals surface area contributed by atoms with Crippen molar-refractivity contribution in [3.63, 3.8) is 0 Å². The Morgan fingerprint density at radius 1 is 1.34 bits per heavy atom. The minimum Gasteiger partial charge on any atom is -0.467 e. The van der Waals surface area contributed by atoms with E-state index >= 15 is 0 Å². The van der Waals surface area contributed by atoms with Gasteiger partial charge in [0.2, 0.25) is 5.91 Å². The molecule has 9 heteroatoms. The minimum atomic E-state index is -0.563. The number of rotatable bonds is 10. The third kappa shape index (κ3) is 5.00. The summed E-state index contributed by atoms with van der Waals surface area (Å²) >= 11 is 0. The number of primary amides is 1. The van der Waals surface area contributed by atoms with Crippen LogP contribution in [0.4, 0.5) is 0 Å². The van der Waals surface area contributed by atoms with Crippen molar-refractivity contribution in [3.8, 4) is 0 Å². The van der Waals surface area contributed by atoms with Gasteiger partial charge in [-0.05, 0) is 44.4 Å². The number of hydrogen-bond donors (Lipinski definition) is 2. The number of nitrogens with zero attached hydrogens (tertiary/aromatic N) is 3. The van der Waals surface area contributed by atoms with Gasteiger partial charge in [-0.25, -0.2) is 9.50 Å². The lowest BCUT2D eigenvalue weighted by molar-refractivity contribution is -0.121. The molecule has 3 aromatic heterocycles. The van der Waals surface area contributed by atoms with Crippen LogP contribution in [-0.2, 0) is 22.6 Å². The van der Waals surface area contributed by atoms with Crippen LogP contribution in [0, 0.1) is 13.8 Å². The molecule has 0 aliphatic heterocycles. The maximum absolute atomic E-state index is 12.1. The van der Waals surface area contributed by atoms with E-state index in [9.17, 15) is 9.59 Å². The van der Waals surface area contributed by atoms with Crippen molar-refractivity contribution >= 4 is 17.5 Å². The molecule has 2 amide bonds. The van der Waals surface area contributed by atoms with Crippen molar-refractivity contribution in [1.29, 1.82) is 0 Å². The number of carbonyl (C=O) groups excluding carboxylic acids is 2. The summed E-state index contributed by atoms with van der Waals surface area (Å²) < 4.78 is 12.3. The monoisotopic (exact) mass is 399 g/mol. The molecule has 0 atom stereocenters. The van der Waals surface area contributed by atoms with E-state index in [4.69, 9.17) is 14.9 Å². The first kappa shape index (κ1) is 20.5. The fourth-order valence-electron chi connectivity index (χ4n) is 3.14. The number of hydrogen-bond acceptors (Lipinski definition) is 6. The standard InChI is InChI=1S/C20H25N5O4/c1-13-16(14(2)25-20(24-13)17(11-23-25)19(21)27)6-7-18(26)22-8-4-9-28-12-15-5-3-10-29-15/h3,5,10-11H,4,6-9,12H2,1-2H3,(H2,21,27)(H,22,26). The lowest BCUT2D eigenvalue weighted by Crippen LogP contribution is -2.25. The Labute approximate surface area is 168 Å². The molecule has 9 nitrogen and oxygen atoms in total. The third-order valence-corrected chi connectivity index (χ3v) is 4.69. The predicted molar refractivity (Wildman–Crippen MR) is 105 cm³/mol. The lowest BCUT2D eigenvalue weighted by Gasteiger charge is -2.11. The molecule has 0 saturated carbocycles. The summed E-state index contributed by atoms with van der Waals surface area (Å²) in [5, 5.41) is 7.09. The van der Waals surface area contributed by atoms with Crippen LogP contribution < -0.4 is 11.1 Å². The molecule has 0 fully saturated rings. The number of nitrogens with one attached hydrogen (secondary N) is 1. The van der Waals surface area contributed by atoms with Crippen molar-refractivity contribution in [1.82, 2.24) is 19.9 Å². The zero-order chi connectivity index (χ0) is 20.8. The highest BCUT2D eigenvalue weighted by molar-refractivity contribution is 5.98. The van der Waals surface area contributed by atoms with Gasteiger partial charge in [-0.15, -0.1) is 0 Å². The Hall–Kier alpha value is -3.20. The van der Waals surface area contributed by atoms with Crippen LogP contribution in [-0.4, -0.2) is 39.6 Å². The van der Waals surface area contributed by atoms with E-state index in [0.717, 1.165) is 29.1 Å². The Balaban J connectivity index is 1.46. The molecule has 0 spiro atoms. The zero-order valence-corrected chi connectivity index (χ0v) is 16.6. The number of ether oxygens (including phenoxy) is 1. The molecular weight excluding hydrogens is 374 g/mol. The largest absolute Gasteiger partial charge is 0.467 e. The van der Waals surface area contributed by atoms with Gasteiger partial charge in [0.05, 0.1) is 12.5 Å². The van der Waals surface area contributed by atoms with Crippen LogP contribution in [0.2, 0.25) is 0 Å². The average molecular weight is 399 g/mol. The highest BCUT2D eigenvalue weighted by atomic mass is 16.5. The van der Waals surface area contributed by atoms with Gasteiger partial charge in [-0.1, -0.05) is 0 Å². The Morgan fingerprint density at radius 3 is 2.90 bits per heavy atom. The second kappa shape index (κ2) is 9.33. The molecule has 154 valence electrons. The number of carbonyl (C=O) groups is 2. The lowest BCUT2D eigenvalue weighted by atomic mass is 10.1. The van der Waals surface area contributed by atoms with Gasteiger partial charge in [-0.2, -0.15) is 5.10 Å². The molecule has 0 saturated heterocycles. The van der Waals surface area contributed by atoms with Crippen LogP contribution in [0.3, 0.4) is 0 Å². The van der Waals surface area contributed by atoms with Crippen LogP contribution in [0.1, 0.15) is 45.9 Å². The van der Waals surface area contributed by atoms with Gasteiger partial charge >= 0.3 is 0 Å². The molecular formula is C20H25N5O4. The third-order valence-electron chi connectivity index (χ3n) is 4.69. The molecule has 29 heavy (non-hydrogen) atoms. The molecule has 0 aromatic carbocycles. The maximum Gasteiger partial charge on any atom is 0.254 e. The number of nitrogens with two attached hydrogens (primary N) is 1. The molecule has 3 rings (SSSR count). The molecule has 0 unspecified atom stereocenters. The summed E-state index contributed by atoms with van der Waals surface area (Å²) in [6, 6.07) is 3.68. The Kier molecular flexibility index (Phi) is 6.61. The molecule has 3 aromatic rings. The van der Waals surface area contributed by atoms with E-state index in [-0.39, 0.29) is 11.5 Å². The molecule has 3 heterocycles. The summed E-state index contributed by atoms with van der Waals surface area (Å²) in [4.78, 5) is 28.1. The van der Waals surface area contributed by atoms with Crippen LogP contribution in [0.15, 0.2) is 29.0 Å². The number of fused-ring (bicyclic) bond motifs is 1. The van der Waals surface area contributed by atoms with Gasteiger partial charge in [0.15, 0.2) is 5.65 Å². The number of aromatic nitrogens is 3. The van der Waals surface area contributed by atoms with Gasteiger partial charge in [0, 0.05) is 31.0 Å². The van der Waals surface area contributed by atoms with E-state index in [0.29, 0.717) is 38.2 Å². The van der Waals surface area contributed by atoms with Crippen LogP contribution in [0.25, 0.3) is 5.65 Å². The van der Waals surface area contributed by atoms with E-state index in [1.165, 1.54) is 6.20 Å². The smallest absolute Gasteiger partial charge is 0.254 e. The summed E-state index contributed by atoms with van der Waals surface area (Å²) in [6.45, 7) is 5.27. The SMILES string of the molecule is Cc1nc2c(C(N)=O)cnn2c(C)c1CCC(=O)NCCCOCc1ccco1. The van der Waals surface area contributed by atoms with Crippen molar-refractivity contribution in [2.24, 2.45) is 5.73 Å². The van der Waals surface area contributed by atoms with Gasteiger partial charge in [0.1, 0.15) is 17.9 Å². The molecule has 0 aliphatic rings. The summed E-state index contributed by atoms with van der Waals surface area (Å²) in [7, 11) is 0. The number of aryl methyl sites for hydroxylation is 2. The first-order valence-corrected chi connectivity index (χ1v) is 9.47. The van der Waals surface area contributed by atoms with E-state index < -0.39 is 5.91 Å². The van der Waals surface area contributed by atoms with Crippen molar-refractivity contribution < 1.29 is 18.7 Å². The summed E-state index contributed by atoms with van der Waals surface area (Å²) in [5.74, 6) is 0.185. The first-order chi connectivity index (χ1) is 14.0. The molecule has 3 N–H and O–H groups in total. The average Bonchev–Trinajstić information content (AvgIpc) is 3.34. The molecule has 0 radical (unpaired) electrons. The highest BCUT2D eigenvalue weighted by Gasteiger charge is 2.17. The summed E-state index contributed by atoms with van der Waals surface area (Å²) in [5.41, 5.74) is 8.64. The zero-order valence-electron chi connectivity index (χ0n) is 16.6. The first-order valence-electron chi connectivity index (χ1n) is 9.47. The van der Waals surface area contributed by atoms with E-state index in [1.807, 2.05) is 26.0 Å². The second-order valence-corrected chi connectivity index (χ2v) is 6.75. The Bertz CT molecular complexity index is 994. The van der Waals surface area contributed by atoms with Gasteiger partial charge in [-0.3, -0.25) is 9.59 Å². The predicted octanol–water partition coefficient (Wildman–Crippen LogP) is 1.69. The summed E-state index contributed by atoms with van der Waals surface area (Å²) in [6.07, 6.45) is 4.63. The maximum atomic E-state index is 12.1. The van der Waals surface area contributed by atoms with Crippen molar-refractivity contribution in [3.05, 3.63) is 52.9 Å². The fraction of sp³-hybridized carbons (Fsp3) is 0.400. The van der Waals surface area contributed by atoms with Crippen LogP contribution >= 0.6 is 0 Å². The second-order valence-electron chi connectivity index (χ2n) is 6.75. The highest BCUT2D eigenvalue weighted by Crippen LogP contribution is 2.18. The quantitative estimate of drug-likeness (QED) is 0.500. The van der Waals surface area contributed by atoms with Gasteiger partial charge in [0.25, 0.3) is 5.91 Å². The normalized spacial score (nSPS) is 11.1.